The Balaban J connectivity index is 2.22. The average molecular weight is 333 g/mol. The van der Waals surface area contributed by atoms with Crippen LogP contribution in [0, 0.1) is 0 Å². The molecule has 1 amide bonds. The molecule has 0 aliphatic carbocycles. The van der Waals surface area contributed by atoms with Crippen LogP contribution in [0.1, 0.15) is 17.3 Å². The highest BCUT2D eigenvalue weighted by atomic mass is 32.2. The normalized spacial score (nSPS) is 11.7. The van der Waals surface area contributed by atoms with Crippen molar-refractivity contribution in [3.63, 3.8) is 0 Å². The van der Waals surface area contributed by atoms with Gasteiger partial charge in [-0.3, -0.25) is 14.6 Å². The lowest BCUT2D eigenvalue weighted by atomic mass is 10.2. The van der Waals surface area contributed by atoms with Crippen molar-refractivity contribution < 1.29 is 14.7 Å². The number of carbonyl (C=O) groups excluding carboxylic acids is 2. The van der Waals surface area contributed by atoms with E-state index in [-0.39, 0.29) is 16.7 Å². The van der Waals surface area contributed by atoms with E-state index in [2.05, 4.69) is 15.3 Å². The first kappa shape index (κ1) is 16.6. The van der Waals surface area contributed by atoms with Crippen molar-refractivity contribution in [2.45, 2.75) is 17.3 Å². The van der Waals surface area contributed by atoms with Gasteiger partial charge in [0.25, 0.3) is 11.5 Å². The van der Waals surface area contributed by atoms with Gasteiger partial charge in [-0.15, -0.1) is 0 Å². The number of nitrogens with two attached hydrogens (primary N) is 1. The van der Waals surface area contributed by atoms with Crippen LogP contribution in [-0.2, 0) is 4.79 Å². The molecule has 1 aromatic heterocycles. The largest absolute Gasteiger partial charge is 0.549 e. The molecule has 0 saturated heterocycles. The molecule has 1 heterocycles. The number of hydrogen-bond acceptors (Lipinski definition) is 7. The number of nitrogen functional groups attached to an aromatic ring is 1. The van der Waals surface area contributed by atoms with Gasteiger partial charge in [0.05, 0.1) is 5.97 Å². The zero-order valence-electron chi connectivity index (χ0n) is 12.0. The minimum atomic E-state index is -1.29. The lowest BCUT2D eigenvalue weighted by Gasteiger charge is -2.12. The molecule has 2 rings (SSSR count). The van der Waals surface area contributed by atoms with Crippen molar-refractivity contribution in [3.05, 3.63) is 46.2 Å². The van der Waals surface area contributed by atoms with Gasteiger partial charge in [-0.05, 0) is 19.1 Å². The molecule has 4 N–H and O–H groups in total. The van der Waals surface area contributed by atoms with Gasteiger partial charge in [-0.1, -0.05) is 30.0 Å². The second kappa shape index (κ2) is 6.97. The summed E-state index contributed by atoms with van der Waals surface area (Å²) in [4.78, 5) is 41.0. The van der Waals surface area contributed by atoms with Crippen LogP contribution in [0.3, 0.4) is 0 Å². The third-order valence-corrected chi connectivity index (χ3v) is 3.78. The molecule has 1 atom stereocenters. The number of thioether (sulfide) groups is 1. The van der Waals surface area contributed by atoms with Gasteiger partial charge in [-0.25, -0.2) is 4.98 Å². The summed E-state index contributed by atoms with van der Waals surface area (Å²) in [5.41, 5.74) is 5.17. The third-order valence-electron chi connectivity index (χ3n) is 2.82. The third kappa shape index (κ3) is 4.10. The van der Waals surface area contributed by atoms with Crippen molar-refractivity contribution in [2.24, 2.45) is 0 Å². The number of aromatic nitrogens is 2. The van der Waals surface area contributed by atoms with E-state index in [0.29, 0.717) is 5.56 Å². The summed E-state index contributed by atoms with van der Waals surface area (Å²) >= 11 is 0.783. The second-order valence-electron chi connectivity index (χ2n) is 4.53. The quantitative estimate of drug-likeness (QED) is 0.509. The number of nitrogens with zero attached hydrogens (tertiary/aromatic N) is 1. The summed E-state index contributed by atoms with van der Waals surface area (Å²) in [7, 11) is 0. The lowest BCUT2D eigenvalue weighted by Crippen LogP contribution is -2.31. The number of nitrogens with one attached hydrogen (secondary N) is 2. The van der Waals surface area contributed by atoms with Crippen LogP contribution in [0.25, 0.3) is 0 Å². The predicted octanol–water partition coefficient (Wildman–Crippen LogP) is -0.165. The van der Waals surface area contributed by atoms with E-state index in [1.54, 1.807) is 30.3 Å². The molecule has 0 bridgehead atoms. The highest BCUT2D eigenvalue weighted by Gasteiger charge is 2.15. The summed E-state index contributed by atoms with van der Waals surface area (Å²) in [5.74, 6) is -2.00. The highest BCUT2D eigenvalue weighted by molar-refractivity contribution is 8.00. The molecular weight excluding hydrogens is 320 g/mol. The van der Waals surface area contributed by atoms with Gasteiger partial charge < -0.3 is 21.0 Å². The molecule has 0 radical (unpaired) electrons. The number of amides is 1. The minimum Gasteiger partial charge on any atom is -0.549 e. The predicted molar refractivity (Wildman–Crippen MR) is 84.0 cm³/mol. The maximum absolute atomic E-state index is 12.0. The Hall–Kier alpha value is -2.81. The van der Waals surface area contributed by atoms with Crippen molar-refractivity contribution in [1.29, 1.82) is 0 Å². The summed E-state index contributed by atoms with van der Waals surface area (Å²) < 4.78 is 0. The van der Waals surface area contributed by atoms with E-state index in [1.807, 2.05) is 0 Å². The Kier molecular flexibility index (Phi) is 5.02. The van der Waals surface area contributed by atoms with E-state index >= 15 is 0 Å². The van der Waals surface area contributed by atoms with Gasteiger partial charge in [0.2, 0.25) is 0 Å². The Labute approximate surface area is 135 Å². The number of aromatic amines is 1. The molecule has 8 nitrogen and oxygen atoms in total. The second-order valence-corrected chi connectivity index (χ2v) is 5.86. The molecule has 120 valence electrons. The van der Waals surface area contributed by atoms with E-state index < -0.39 is 22.7 Å². The van der Waals surface area contributed by atoms with Gasteiger partial charge in [0, 0.05) is 10.8 Å². The van der Waals surface area contributed by atoms with Gasteiger partial charge in [-0.2, -0.15) is 0 Å². The average Bonchev–Trinajstić information content (AvgIpc) is 2.51. The van der Waals surface area contributed by atoms with Crippen molar-refractivity contribution in [2.75, 3.05) is 11.1 Å². The Morgan fingerprint density at radius 3 is 2.57 bits per heavy atom. The molecule has 23 heavy (non-hydrogen) atoms. The summed E-state index contributed by atoms with van der Waals surface area (Å²) in [6.07, 6.45) is 0. The SMILES string of the molecule is C[C@H](Sc1nc(N)c(NC(=O)c2ccccc2)c(=O)[nH]1)C(=O)[O-]. The van der Waals surface area contributed by atoms with Crippen LogP contribution in [0.2, 0.25) is 0 Å². The molecule has 0 aliphatic heterocycles. The smallest absolute Gasteiger partial charge is 0.277 e. The number of H-pyrrole nitrogens is 1. The number of carboxylic acid groups (broad SMARTS) is 1. The number of rotatable bonds is 5. The summed E-state index contributed by atoms with van der Waals surface area (Å²) in [5, 5.41) is 12.2. The number of carboxylic acids is 1. The van der Waals surface area contributed by atoms with E-state index in [9.17, 15) is 19.5 Å². The number of carbonyl (C=O) groups is 2. The Morgan fingerprint density at radius 2 is 2.00 bits per heavy atom. The summed E-state index contributed by atoms with van der Waals surface area (Å²) in [6, 6.07) is 8.28. The standard InChI is InChI=1S/C14H14N4O4S/c1-7(13(21)22)23-14-17-10(15)9(12(20)18-14)16-11(19)8-5-3-2-4-6-8/h2-7H,1H3,(H,16,19)(H,21,22)(H3,15,17,18,20)/p-1/t7-/m0/s1. The van der Waals surface area contributed by atoms with E-state index in [4.69, 9.17) is 5.73 Å². The number of aliphatic carboxylic acids is 1. The fourth-order valence-electron chi connectivity index (χ4n) is 1.64. The molecule has 9 heteroatoms. The van der Waals surface area contributed by atoms with Crippen LogP contribution >= 0.6 is 11.8 Å². The molecular formula is C14H13N4O4S-. The van der Waals surface area contributed by atoms with Crippen LogP contribution in [-0.4, -0.2) is 27.1 Å². The van der Waals surface area contributed by atoms with Gasteiger partial charge in [0.1, 0.15) is 5.69 Å². The topological polar surface area (TPSA) is 141 Å². The number of anilines is 2. The Morgan fingerprint density at radius 1 is 1.35 bits per heavy atom. The first-order chi connectivity index (χ1) is 10.9. The zero-order chi connectivity index (χ0) is 17.0. The fourth-order valence-corrected chi connectivity index (χ4v) is 2.37. The van der Waals surface area contributed by atoms with Crippen LogP contribution < -0.4 is 21.7 Å². The Bertz CT molecular complexity index is 791. The molecule has 0 spiro atoms. The molecule has 0 unspecified atom stereocenters. The van der Waals surface area contributed by atoms with Crippen molar-refractivity contribution in [1.82, 2.24) is 9.97 Å². The minimum absolute atomic E-state index is 0.0295. The van der Waals surface area contributed by atoms with Gasteiger partial charge in [0.15, 0.2) is 11.0 Å². The zero-order valence-corrected chi connectivity index (χ0v) is 12.8. The van der Waals surface area contributed by atoms with Crippen LogP contribution in [0.4, 0.5) is 11.5 Å². The first-order valence-electron chi connectivity index (χ1n) is 6.52. The monoisotopic (exact) mass is 333 g/mol. The van der Waals surface area contributed by atoms with E-state index in [1.165, 1.54) is 6.92 Å². The van der Waals surface area contributed by atoms with E-state index in [0.717, 1.165) is 11.8 Å². The number of benzene rings is 1. The molecule has 0 fully saturated rings. The molecule has 0 aliphatic rings. The van der Waals surface area contributed by atoms with Crippen molar-refractivity contribution in [3.8, 4) is 0 Å². The fraction of sp³-hybridized carbons (Fsp3) is 0.143. The molecule has 0 saturated carbocycles. The van der Waals surface area contributed by atoms with Crippen LogP contribution in [0.15, 0.2) is 40.3 Å². The molecule has 2 aromatic rings. The van der Waals surface area contributed by atoms with Crippen LogP contribution in [0.5, 0.6) is 0 Å². The lowest BCUT2D eigenvalue weighted by molar-refractivity contribution is -0.304. The highest BCUT2D eigenvalue weighted by Crippen LogP contribution is 2.21. The summed E-state index contributed by atoms with van der Waals surface area (Å²) in [6.45, 7) is 1.39. The number of hydrogen-bond donors (Lipinski definition) is 3. The maximum atomic E-state index is 12.0. The van der Waals surface area contributed by atoms with Gasteiger partial charge >= 0.3 is 0 Å². The van der Waals surface area contributed by atoms with Crippen molar-refractivity contribution >= 4 is 35.1 Å². The first-order valence-corrected chi connectivity index (χ1v) is 7.40. The molecule has 1 aromatic carbocycles. The maximum Gasteiger partial charge on any atom is 0.277 e.